The van der Waals surface area contributed by atoms with Crippen molar-refractivity contribution in [2.24, 2.45) is 5.73 Å². The predicted octanol–water partition coefficient (Wildman–Crippen LogP) is 3.90. The van der Waals surface area contributed by atoms with E-state index in [9.17, 15) is 13.2 Å². The highest BCUT2D eigenvalue weighted by molar-refractivity contribution is 5.46. The van der Waals surface area contributed by atoms with Gasteiger partial charge in [-0.1, -0.05) is 24.3 Å². The Hall–Kier alpha value is -2.08. The standard InChI is InChI=1S/C17H18F3N3/c18-17(19,20)14-7-8-22-16(10-14)23-9-1-2-15(23)13-5-3-12(11-21)4-6-13/h3-8,10,15H,1-2,9,11,21H2. The summed E-state index contributed by atoms with van der Waals surface area (Å²) in [6.45, 7) is 1.18. The molecule has 0 amide bonds. The molecule has 1 atom stereocenters. The Morgan fingerprint density at radius 3 is 2.57 bits per heavy atom. The average molecular weight is 321 g/mol. The van der Waals surface area contributed by atoms with Crippen molar-refractivity contribution >= 4 is 5.82 Å². The summed E-state index contributed by atoms with van der Waals surface area (Å²) in [6.07, 6.45) is -1.29. The molecule has 2 aromatic rings. The Morgan fingerprint density at radius 1 is 1.17 bits per heavy atom. The number of halogens is 3. The molecule has 0 radical (unpaired) electrons. The number of alkyl halides is 3. The SMILES string of the molecule is NCc1ccc(C2CCCN2c2cc(C(F)(F)F)ccn2)cc1. The van der Waals surface area contributed by atoms with E-state index in [1.165, 1.54) is 6.20 Å². The van der Waals surface area contributed by atoms with Gasteiger partial charge in [-0.2, -0.15) is 13.2 Å². The molecule has 1 aromatic carbocycles. The number of aromatic nitrogens is 1. The maximum Gasteiger partial charge on any atom is 0.416 e. The number of pyridine rings is 1. The quantitative estimate of drug-likeness (QED) is 0.932. The Labute approximate surface area is 132 Å². The normalized spacial score (nSPS) is 18.4. The summed E-state index contributed by atoms with van der Waals surface area (Å²) in [6, 6.07) is 10.1. The van der Waals surface area contributed by atoms with Crippen LogP contribution in [0.25, 0.3) is 0 Å². The second-order valence-electron chi connectivity index (χ2n) is 5.70. The minimum Gasteiger partial charge on any atom is -0.350 e. The molecule has 2 N–H and O–H groups in total. The molecule has 3 nitrogen and oxygen atoms in total. The van der Waals surface area contributed by atoms with Crippen molar-refractivity contribution in [3.05, 3.63) is 59.3 Å². The average Bonchev–Trinajstić information content (AvgIpc) is 3.04. The van der Waals surface area contributed by atoms with Crippen LogP contribution in [-0.4, -0.2) is 11.5 Å². The first-order valence-corrected chi connectivity index (χ1v) is 7.58. The Bertz CT molecular complexity index is 668. The number of rotatable bonds is 3. The van der Waals surface area contributed by atoms with Gasteiger partial charge in [-0.05, 0) is 36.1 Å². The number of anilines is 1. The lowest BCUT2D eigenvalue weighted by Crippen LogP contribution is -2.24. The summed E-state index contributed by atoms with van der Waals surface area (Å²) in [4.78, 5) is 6.10. The molecule has 1 unspecified atom stereocenters. The number of hydrogen-bond acceptors (Lipinski definition) is 3. The minimum absolute atomic E-state index is 0.0535. The Morgan fingerprint density at radius 2 is 1.91 bits per heavy atom. The summed E-state index contributed by atoms with van der Waals surface area (Å²) in [5.74, 6) is 0.380. The van der Waals surface area contributed by atoms with Gasteiger partial charge in [0.25, 0.3) is 0 Å². The third-order valence-corrected chi connectivity index (χ3v) is 4.22. The highest BCUT2D eigenvalue weighted by Crippen LogP contribution is 2.37. The van der Waals surface area contributed by atoms with E-state index in [0.29, 0.717) is 18.9 Å². The van der Waals surface area contributed by atoms with Gasteiger partial charge >= 0.3 is 6.18 Å². The van der Waals surface area contributed by atoms with Crippen molar-refractivity contribution in [1.29, 1.82) is 0 Å². The van der Waals surface area contributed by atoms with Crippen LogP contribution in [0.1, 0.15) is 35.6 Å². The highest BCUT2D eigenvalue weighted by Gasteiger charge is 2.33. The van der Waals surface area contributed by atoms with Crippen LogP contribution in [0.4, 0.5) is 19.0 Å². The van der Waals surface area contributed by atoms with Gasteiger partial charge < -0.3 is 10.6 Å². The molecule has 23 heavy (non-hydrogen) atoms. The van der Waals surface area contributed by atoms with Gasteiger partial charge in [0.1, 0.15) is 5.82 Å². The fourth-order valence-electron chi connectivity index (χ4n) is 3.02. The molecule has 1 aliphatic rings. The fourth-order valence-corrected chi connectivity index (χ4v) is 3.02. The van der Waals surface area contributed by atoms with Crippen LogP contribution in [0, 0.1) is 0 Å². The Kier molecular flexibility index (Phi) is 4.26. The molecule has 6 heteroatoms. The lowest BCUT2D eigenvalue weighted by atomic mass is 10.0. The van der Waals surface area contributed by atoms with Crippen molar-refractivity contribution < 1.29 is 13.2 Å². The molecule has 122 valence electrons. The van der Waals surface area contributed by atoms with Crippen molar-refractivity contribution in [3.63, 3.8) is 0 Å². The zero-order valence-corrected chi connectivity index (χ0v) is 12.6. The van der Waals surface area contributed by atoms with Crippen LogP contribution in [-0.2, 0) is 12.7 Å². The van der Waals surface area contributed by atoms with E-state index in [4.69, 9.17) is 5.73 Å². The second-order valence-corrected chi connectivity index (χ2v) is 5.70. The topological polar surface area (TPSA) is 42.1 Å². The first-order chi connectivity index (χ1) is 11.0. The smallest absolute Gasteiger partial charge is 0.350 e. The third kappa shape index (κ3) is 3.32. The lowest BCUT2D eigenvalue weighted by Gasteiger charge is -2.26. The van der Waals surface area contributed by atoms with Crippen molar-refractivity contribution in [3.8, 4) is 0 Å². The molecule has 1 aromatic heterocycles. The van der Waals surface area contributed by atoms with E-state index in [-0.39, 0.29) is 6.04 Å². The summed E-state index contributed by atoms with van der Waals surface area (Å²) in [5.41, 5.74) is 7.06. The van der Waals surface area contributed by atoms with Crippen LogP contribution in [0.15, 0.2) is 42.6 Å². The molecule has 3 rings (SSSR count). The maximum atomic E-state index is 12.9. The highest BCUT2D eigenvalue weighted by atomic mass is 19.4. The van der Waals surface area contributed by atoms with E-state index in [0.717, 1.165) is 36.1 Å². The van der Waals surface area contributed by atoms with Gasteiger partial charge in [-0.3, -0.25) is 0 Å². The number of benzene rings is 1. The minimum atomic E-state index is -4.35. The first-order valence-electron chi connectivity index (χ1n) is 7.58. The van der Waals surface area contributed by atoms with Gasteiger partial charge in [0.15, 0.2) is 0 Å². The molecular weight excluding hydrogens is 303 g/mol. The van der Waals surface area contributed by atoms with Crippen LogP contribution in [0.5, 0.6) is 0 Å². The van der Waals surface area contributed by atoms with Crippen LogP contribution in [0.3, 0.4) is 0 Å². The molecule has 0 aliphatic carbocycles. The van der Waals surface area contributed by atoms with Crippen LogP contribution < -0.4 is 10.6 Å². The number of nitrogens with zero attached hydrogens (tertiary/aromatic N) is 2. The summed E-state index contributed by atoms with van der Waals surface area (Å²) >= 11 is 0. The van der Waals surface area contributed by atoms with Gasteiger partial charge in [0, 0.05) is 19.3 Å². The van der Waals surface area contributed by atoms with Crippen molar-refractivity contribution in [1.82, 2.24) is 4.98 Å². The van der Waals surface area contributed by atoms with Gasteiger partial charge in [0.05, 0.1) is 11.6 Å². The van der Waals surface area contributed by atoms with Crippen LogP contribution >= 0.6 is 0 Å². The maximum absolute atomic E-state index is 12.9. The number of hydrogen-bond donors (Lipinski definition) is 1. The third-order valence-electron chi connectivity index (χ3n) is 4.22. The molecule has 1 aliphatic heterocycles. The van der Waals surface area contributed by atoms with E-state index in [2.05, 4.69) is 4.98 Å². The van der Waals surface area contributed by atoms with Crippen LogP contribution in [0.2, 0.25) is 0 Å². The van der Waals surface area contributed by atoms with E-state index >= 15 is 0 Å². The van der Waals surface area contributed by atoms with E-state index < -0.39 is 11.7 Å². The van der Waals surface area contributed by atoms with Gasteiger partial charge in [0.2, 0.25) is 0 Å². The molecule has 1 saturated heterocycles. The molecule has 2 heterocycles. The Balaban J connectivity index is 1.89. The second kappa shape index (κ2) is 6.20. The lowest BCUT2D eigenvalue weighted by molar-refractivity contribution is -0.137. The molecule has 0 bridgehead atoms. The zero-order chi connectivity index (χ0) is 16.4. The van der Waals surface area contributed by atoms with Gasteiger partial charge in [-0.25, -0.2) is 4.98 Å². The largest absolute Gasteiger partial charge is 0.416 e. The fraction of sp³-hybridized carbons (Fsp3) is 0.353. The first kappa shape index (κ1) is 15.8. The molecule has 0 spiro atoms. The molecule has 1 fully saturated rings. The van der Waals surface area contributed by atoms with E-state index in [1.54, 1.807) is 0 Å². The monoisotopic (exact) mass is 321 g/mol. The van der Waals surface area contributed by atoms with Crippen molar-refractivity contribution in [2.45, 2.75) is 31.6 Å². The molecular formula is C17H18F3N3. The van der Waals surface area contributed by atoms with E-state index in [1.807, 2.05) is 29.2 Å². The predicted molar refractivity (Wildman–Crippen MR) is 82.9 cm³/mol. The van der Waals surface area contributed by atoms with Crippen molar-refractivity contribution in [2.75, 3.05) is 11.4 Å². The zero-order valence-electron chi connectivity index (χ0n) is 12.6. The van der Waals surface area contributed by atoms with Gasteiger partial charge in [-0.15, -0.1) is 0 Å². The summed E-state index contributed by atoms with van der Waals surface area (Å²) in [7, 11) is 0. The summed E-state index contributed by atoms with van der Waals surface area (Å²) < 4.78 is 38.7. The molecule has 0 saturated carbocycles. The summed E-state index contributed by atoms with van der Waals surface area (Å²) in [5, 5.41) is 0. The number of nitrogens with two attached hydrogens (primary N) is 1.